The minimum atomic E-state index is 0.800. The number of nitrogens with one attached hydrogen (secondary N) is 1. The molecule has 0 amide bonds. The molecular weight excluding hydrogens is 218 g/mol. The van der Waals surface area contributed by atoms with Crippen molar-refractivity contribution >= 4 is 0 Å². The first-order valence-electron chi connectivity index (χ1n) is 8.59. The van der Waals surface area contributed by atoms with Gasteiger partial charge in [0.05, 0.1) is 0 Å². The first kappa shape index (κ1) is 13.0. The first-order valence-corrected chi connectivity index (χ1v) is 8.59. The largest absolute Gasteiger partial charge is 0.311 e. The zero-order chi connectivity index (χ0) is 12.5. The highest BCUT2D eigenvalue weighted by atomic mass is 15.0. The summed E-state index contributed by atoms with van der Waals surface area (Å²) in [5.74, 6) is 4.41. The molecule has 0 saturated heterocycles. The van der Waals surface area contributed by atoms with Gasteiger partial charge in [-0.2, -0.15) is 0 Å². The summed E-state index contributed by atoms with van der Waals surface area (Å²) < 4.78 is 0. The van der Waals surface area contributed by atoms with E-state index in [-0.39, 0.29) is 0 Å². The maximum atomic E-state index is 4.04. The van der Waals surface area contributed by atoms with E-state index in [2.05, 4.69) is 19.2 Å². The second-order valence-electron chi connectivity index (χ2n) is 7.17. The Balaban J connectivity index is 1.55. The molecule has 3 aliphatic rings. The van der Waals surface area contributed by atoms with E-state index in [9.17, 15) is 0 Å². The van der Waals surface area contributed by atoms with Crippen LogP contribution in [0, 0.1) is 23.7 Å². The Kier molecular flexibility index (Phi) is 3.98. The van der Waals surface area contributed by atoms with E-state index in [1.54, 1.807) is 19.3 Å². The number of fused-ring (bicyclic) bond motifs is 5. The van der Waals surface area contributed by atoms with Gasteiger partial charge < -0.3 is 5.32 Å². The summed E-state index contributed by atoms with van der Waals surface area (Å²) in [6.45, 7) is 4.67. The maximum Gasteiger partial charge on any atom is 0.0103 e. The van der Waals surface area contributed by atoms with Gasteiger partial charge in [0.2, 0.25) is 0 Å². The minimum absolute atomic E-state index is 0.800. The van der Waals surface area contributed by atoms with Gasteiger partial charge in [0.25, 0.3) is 0 Å². The Morgan fingerprint density at radius 3 is 2.67 bits per heavy atom. The fraction of sp³-hybridized carbons (Fsp3) is 1.00. The fourth-order valence-electron chi connectivity index (χ4n) is 5.42. The second kappa shape index (κ2) is 5.53. The van der Waals surface area contributed by atoms with E-state index in [0.717, 1.165) is 35.8 Å². The number of hydrogen-bond donors (Lipinski definition) is 1. The summed E-state index contributed by atoms with van der Waals surface area (Å²) in [4.78, 5) is 0. The lowest BCUT2D eigenvalue weighted by Gasteiger charge is -2.34. The van der Waals surface area contributed by atoms with Crippen molar-refractivity contribution in [2.45, 2.75) is 83.7 Å². The molecule has 0 spiro atoms. The SMILES string of the molecule is CCCCC(CC)NC1CC2CC1C1CCCC21. The summed E-state index contributed by atoms with van der Waals surface area (Å²) in [6, 6.07) is 1.69. The van der Waals surface area contributed by atoms with Gasteiger partial charge in [-0.25, -0.2) is 0 Å². The van der Waals surface area contributed by atoms with Crippen molar-refractivity contribution in [1.82, 2.24) is 5.32 Å². The molecule has 6 atom stereocenters. The van der Waals surface area contributed by atoms with Crippen LogP contribution in [-0.2, 0) is 0 Å². The molecule has 1 N–H and O–H groups in total. The topological polar surface area (TPSA) is 12.0 Å². The van der Waals surface area contributed by atoms with Crippen LogP contribution in [0.3, 0.4) is 0 Å². The molecule has 6 unspecified atom stereocenters. The van der Waals surface area contributed by atoms with Crippen molar-refractivity contribution in [3.63, 3.8) is 0 Å². The van der Waals surface area contributed by atoms with E-state index in [4.69, 9.17) is 0 Å². The highest BCUT2D eigenvalue weighted by Crippen LogP contribution is 2.58. The summed E-state index contributed by atoms with van der Waals surface area (Å²) in [7, 11) is 0. The van der Waals surface area contributed by atoms with Crippen LogP contribution >= 0.6 is 0 Å². The van der Waals surface area contributed by atoms with Crippen LogP contribution in [0.5, 0.6) is 0 Å². The molecule has 1 heteroatoms. The third kappa shape index (κ3) is 2.24. The molecule has 0 aromatic heterocycles. The highest BCUT2D eigenvalue weighted by Gasteiger charge is 2.53. The van der Waals surface area contributed by atoms with Crippen molar-refractivity contribution in [1.29, 1.82) is 0 Å². The number of hydrogen-bond acceptors (Lipinski definition) is 1. The predicted molar refractivity (Wildman–Crippen MR) is 77.6 cm³/mol. The third-order valence-corrected chi connectivity index (χ3v) is 6.28. The lowest BCUT2D eigenvalue weighted by Crippen LogP contribution is -2.44. The van der Waals surface area contributed by atoms with E-state index in [0.29, 0.717) is 0 Å². The summed E-state index contributed by atoms with van der Waals surface area (Å²) in [6.07, 6.45) is 13.2. The van der Waals surface area contributed by atoms with E-state index in [1.807, 2.05) is 0 Å². The number of rotatable bonds is 6. The molecule has 1 nitrogen and oxygen atoms in total. The smallest absolute Gasteiger partial charge is 0.0103 e. The molecule has 18 heavy (non-hydrogen) atoms. The molecule has 0 aliphatic heterocycles. The standard InChI is InChI=1S/C17H31N/c1-3-5-7-13(4-2)18-17-11-12-10-16(17)15-9-6-8-14(12)15/h12-18H,3-11H2,1-2H3. The maximum absolute atomic E-state index is 4.04. The van der Waals surface area contributed by atoms with Crippen LogP contribution < -0.4 is 5.32 Å². The van der Waals surface area contributed by atoms with Crippen LogP contribution in [0.25, 0.3) is 0 Å². The summed E-state index contributed by atoms with van der Waals surface area (Å²) in [5.41, 5.74) is 0. The Morgan fingerprint density at radius 2 is 1.89 bits per heavy atom. The van der Waals surface area contributed by atoms with Gasteiger partial charge >= 0.3 is 0 Å². The number of unbranched alkanes of at least 4 members (excludes halogenated alkanes) is 1. The third-order valence-electron chi connectivity index (χ3n) is 6.28. The minimum Gasteiger partial charge on any atom is -0.311 e. The summed E-state index contributed by atoms with van der Waals surface area (Å²) in [5, 5.41) is 4.04. The summed E-state index contributed by atoms with van der Waals surface area (Å²) >= 11 is 0. The van der Waals surface area contributed by atoms with Crippen LogP contribution in [-0.4, -0.2) is 12.1 Å². The lowest BCUT2D eigenvalue weighted by molar-refractivity contribution is 0.194. The monoisotopic (exact) mass is 249 g/mol. The second-order valence-corrected chi connectivity index (χ2v) is 7.17. The average molecular weight is 249 g/mol. The fourth-order valence-corrected chi connectivity index (χ4v) is 5.42. The zero-order valence-electron chi connectivity index (χ0n) is 12.3. The molecule has 0 aromatic carbocycles. The molecule has 3 saturated carbocycles. The van der Waals surface area contributed by atoms with Crippen LogP contribution in [0.1, 0.15) is 71.6 Å². The molecule has 0 aromatic rings. The Labute approximate surface area is 113 Å². The first-order chi connectivity index (χ1) is 8.83. The lowest BCUT2D eigenvalue weighted by atomic mass is 9.79. The average Bonchev–Trinajstić information content (AvgIpc) is 3.05. The van der Waals surface area contributed by atoms with E-state index >= 15 is 0 Å². The van der Waals surface area contributed by atoms with Crippen LogP contribution in [0.2, 0.25) is 0 Å². The molecule has 3 fully saturated rings. The van der Waals surface area contributed by atoms with Gasteiger partial charge in [-0.05, 0) is 62.2 Å². The van der Waals surface area contributed by atoms with Gasteiger partial charge in [-0.3, -0.25) is 0 Å². The van der Waals surface area contributed by atoms with Crippen molar-refractivity contribution in [3.8, 4) is 0 Å². The van der Waals surface area contributed by atoms with Gasteiger partial charge in [-0.15, -0.1) is 0 Å². The van der Waals surface area contributed by atoms with Crippen molar-refractivity contribution in [2.24, 2.45) is 23.7 Å². The molecule has 0 heterocycles. The molecule has 0 radical (unpaired) electrons. The van der Waals surface area contributed by atoms with Crippen molar-refractivity contribution < 1.29 is 0 Å². The predicted octanol–water partition coefficient (Wildman–Crippen LogP) is 4.37. The van der Waals surface area contributed by atoms with Gasteiger partial charge in [0.1, 0.15) is 0 Å². The highest BCUT2D eigenvalue weighted by molar-refractivity contribution is 5.05. The van der Waals surface area contributed by atoms with Gasteiger partial charge in [0.15, 0.2) is 0 Å². The molecule has 104 valence electrons. The van der Waals surface area contributed by atoms with Gasteiger partial charge in [-0.1, -0.05) is 33.1 Å². The van der Waals surface area contributed by atoms with Crippen LogP contribution in [0.4, 0.5) is 0 Å². The molecule has 3 aliphatic carbocycles. The normalized spacial score (nSPS) is 43.3. The Hall–Kier alpha value is -0.0400. The van der Waals surface area contributed by atoms with Crippen molar-refractivity contribution in [2.75, 3.05) is 0 Å². The molecule has 2 bridgehead atoms. The zero-order valence-corrected chi connectivity index (χ0v) is 12.3. The molecular formula is C17H31N. The molecule has 3 rings (SSSR count). The van der Waals surface area contributed by atoms with E-state index < -0.39 is 0 Å². The Morgan fingerprint density at radius 1 is 1.06 bits per heavy atom. The quantitative estimate of drug-likeness (QED) is 0.737. The Bertz CT molecular complexity index is 275. The van der Waals surface area contributed by atoms with Crippen molar-refractivity contribution in [3.05, 3.63) is 0 Å². The van der Waals surface area contributed by atoms with Gasteiger partial charge in [0, 0.05) is 12.1 Å². The van der Waals surface area contributed by atoms with Crippen LogP contribution in [0.15, 0.2) is 0 Å². The van der Waals surface area contributed by atoms with E-state index in [1.165, 1.54) is 38.5 Å².